The Morgan fingerprint density at radius 1 is 0.967 bits per heavy atom. The molecule has 0 amide bonds. The van der Waals surface area contributed by atoms with Crippen molar-refractivity contribution in [2.45, 2.75) is 31.1 Å². The summed E-state index contributed by atoms with van der Waals surface area (Å²) in [6.45, 7) is 1.93. The first-order valence-corrected chi connectivity index (χ1v) is 9.75. The molecule has 30 heavy (non-hydrogen) atoms. The standard InChI is InChI=1S/C24H28O6/c1-24(17-8-11-20(28-3)21(13-17)29-4)14-16(12-19(22(24)25)23(26)30-5)15-6-9-18(27-2)10-7-15/h6-11,13,16,25H,12,14H2,1-5H3/t16-,24-/m1/s1. The van der Waals surface area contributed by atoms with Gasteiger partial charge in [0.2, 0.25) is 0 Å². The summed E-state index contributed by atoms with van der Waals surface area (Å²) in [4.78, 5) is 12.5. The summed E-state index contributed by atoms with van der Waals surface area (Å²) in [6, 6.07) is 13.3. The van der Waals surface area contributed by atoms with Gasteiger partial charge in [0, 0.05) is 0 Å². The molecule has 0 heterocycles. The van der Waals surface area contributed by atoms with E-state index in [2.05, 4.69) is 0 Å². The Labute approximate surface area is 177 Å². The van der Waals surface area contributed by atoms with Gasteiger partial charge in [-0.15, -0.1) is 0 Å². The van der Waals surface area contributed by atoms with Crippen molar-refractivity contribution in [3.63, 3.8) is 0 Å². The quantitative estimate of drug-likeness (QED) is 0.703. The summed E-state index contributed by atoms with van der Waals surface area (Å²) >= 11 is 0. The Bertz CT molecular complexity index is 947. The molecule has 0 aromatic heterocycles. The predicted molar refractivity (Wildman–Crippen MR) is 114 cm³/mol. The number of aliphatic hydroxyl groups excluding tert-OH is 1. The zero-order valence-electron chi connectivity index (χ0n) is 18.0. The first-order valence-electron chi connectivity index (χ1n) is 9.75. The van der Waals surface area contributed by atoms with Gasteiger partial charge in [0.1, 0.15) is 11.5 Å². The molecule has 0 spiro atoms. The summed E-state index contributed by atoms with van der Waals surface area (Å²) in [7, 11) is 6.10. The number of carbonyl (C=O) groups excluding carboxylic acids is 1. The van der Waals surface area contributed by atoms with Crippen molar-refractivity contribution in [3.05, 3.63) is 64.9 Å². The van der Waals surface area contributed by atoms with E-state index in [-0.39, 0.29) is 11.7 Å². The van der Waals surface area contributed by atoms with Crippen LogP contribution in [0.25, 0.3) is 0 Å². The molecule has 2 atom stereocenters. The monoisotopic (exact) mass is 412 g/mol. The molecule has 1 aliphatic rings. The third-order valence-electron chi connectivity index (χ3n) is 5.95. The number of carbonyl (C=O) groups is 1. The summed E-state index contributed by atoms with van der Waals surface area (Å²) in [5, 5.41) is 11.2. The van der Waals surface area contributed by atoms with Gasteiger partial charge in [-0.05, 0) is 61.1 Å². The number of hydrogen-bond donors (Lipinski definition) is 1. The summed E-state index contributed by atoms with van der Waals surface area (Å²) in [5.41, 5.74) is 1.39. The molecule has 0 aliphatic heterocycles. The SMILES string of the molecule is COC(=O)C1=C(O)[C@@](C)(c2ccc(OC)c(OC)c2)C[C@H](c2ccc(OC)cc2)C1. The van der Waals surface area contributed by atoms with Crippen LogP contribution in [-0.2, 0) is 14.9 Å². The molecule has 1 aliphatic carbocycles. The van der Waals surface area contributed by atoms with E-state index in [1.165, 1.54) is 7.11 Å². The maximum Gasteiger partial charge on any atom is 0.337 e. The van der Waals surface area contributed by atoms with Crippen molar-refractivity contribution in [2.24, 2.45) is 0 Å². The highest BCUT2D eigenvalue weighted by atomic mass is 16.5. The number of methoxy groups -OCH3 is 4. The second-order valence-corrected chi connectivity index (χ2v) is 7.60. The molecule has 3 rings (SSSR count). The molecular weight excluding hydrogens is 384 g/mol. The molecule has 0 fully saturated rings. The van der Waals surface area contributed by atoms with Crippen LogP contribution in [0.4, 0.5) is 0 Å². The highest BCUT2D eigenvalue weighted by molar-refractivity contribution is 5.90. The van der Waals surface area contributed by atoms with Crippen molar-refractivity contribution in [1.82, 2.24) is 0 Å². The first kappa shape index (κ1) is 21.6. The van der Waals surface area contributed by atoms with Crippen LogP contribution in [0.3, 0.4) is 0 Å². The fourth-order valence-corrected chi connectivity index (χ4v) is 4.19. The summed E-state index contributed by atoms with van der Waals surface area (Å²) < 4.78 is 21.0. The molecule has 0 radical (unpaired) electrons. The topological polar surface area (TPSA) is 74.2 Å². The van der Waals surface area contributed by atoms with Gasteiger partial charge in [0.15, 0.2) is 11.5 Å². The Balaban J connectivity index is 2.11. The van der Waals surface area contributed by atoms with Crippen molar-refractivity contribution < 1.29 is 28.8 Å². The number of allylic oxidation sites excluding steroid dienone is 1. The maximum absolute atomic E-state index is 12.5. The molecule has 0 bridgehead atoms. The van der Waals surface area contributed by atoms with Crippen LogP contribution in [0.1, 0.15) is 36.8 Å². The Kier molecular flexibility index (Phi) is 6.25. The fraction of sp³-hybridized carbons (Fsp3) is 0.375. The Morgan fingerprint density at radius 2 is 1.63 bits per heavy atom. The molecular formula is C24H28O6. The zero-order chi connectivity index (χ0) is 21.9. The van der Waals surface area contributed by atoms with Crippen LogP contribution >= 0.6 is 0 Å². The van der Waals surface area contributed by atoms with Gasteiger partial charge in [-0.2, -0.15) is 0 Å². The minimum atomic E-state index is -0.800. The smallest absolute Gasteiger partial charge is 0.337 e. The van der Waals surface area contributed by atoms with E-state index in [4.69, 9.17) is 18.9 Å². The lowest BCUT2D eigenvalue weighted by Crippen LogP contribution is -2.34. The second-order valence-electron chi connectivity index (χ2n) is 7.60. The highest BCUT2D eigenvalue weighted by Crippen LogP contribution is 2.49. The molecule has 160 valence electrons. The van der Waals surface area contributed by atoms with E-state index in [0.717, 1.165) is 16.9 Å². The normalized spacial score (nSPS) is 21.2. The van der Waals surface area contributed by atoms with E-state index in [0.29, 0.717) is 29.9 Å². The number of ether oxygens (including phenoxy) is 4. The van der Waals surface area contributed by atoms with Crippen LogP contribution in [0.2, 0.25) is 0 Å². The average Bonchev–Trinajstić information content (AvgIpc) is 2.79. The minimum absolute atomic E-state index is 0.0130. The molecule has 0 saturated carbocycles. The lowest BCUT2D eigenvalue weighted by atomic mass is 9.66. The molecule has 6 nitrogen and oxygen atoms in total. The van der Waals surface area contributed by atoms with Gasteiger partial charge in [0.25, 0.3) is 0 Å². The zero-order valence-corrected chi connectivity index (χ0v) is 18.0. The van der Waals surface area contributed by atoms with Crippen molar-refractivity contribution >= 4 is 5.97 Å². The largest absolute Gasteiger partial charge is 0.511 e. The second kappa shape index (κ2) is 8.69. The van der Waals surface area contributed by atoms with Gasteiger partial charge in [-0.25, -0.2) is 4.79 Å². The van der Waals surface area contributed by atoms with E-state index in [1.807, 2.05) is 49.4 Å². The molecule has 2 aromatic carbocycles. The van der Waals surface area contributed by atoms with Crippen molar-refractivity contribution in [3.8, 4) is 17.2 Å². The Morgan fingerprint density at radius 3 is 2.20 bits per heavy atom. The summed E-state index contributed by atoms with van der Waals surface area (Å²) in [5.74, 6) is 1.46. The maximum atomic E-state index is 12.5. The lowest BCUT2D eigenvalue weighted by Gasteiger charge is -2.39. The number of hydrogen-bond acceptors (Lipinski definition) is 6. The number of benzene rings is 2. The molecule has 0 unspecified atom stereocenters. The van der Waals surface area contributed by atoms with E-state index < -0.39 is 11.4 Å². The average molecular weight is 412 g/mol. The molecule has 6 heteroatoms. The lowest BCUT2D eigenvalue weighted by molar-refractivity contribution is -0.136. The number of esters is 1. The van der Waals surface area contributed by atoms with E-state index >= 15 is 0 Å². The summed E-state index contributed by atoms with van der Waals surface area (Å²) in [6.07, 6.45) is 1.01. The van der Waals surface area contributed by atoms with Gasteiger partial charge >= 0.3 is 5.97 Å². The third-order valence-corrected chi connectivity index (χ3v) is 5.95. The van der Waals surface area contributed by atoms with Crippen LogP contribution < -0.4 is 14.2 Å². The minimum Gasteiger partial charge on any atom is -0.511 e. The van der Waals surface area contributed by atoms with Gasteiger partial charge in [-0.3, -0.25) is 0 Å². The molecule has 2 aromatic rings. The third kappa shape index (κ3) is 3.82. The van der Waals surface area contributed by atoms with E-state index in [1.54, 1.807) is 21.3 Å². The van der Waals surface area contributed by atoms with Gasteiger partial charge in [-0.1, -0.05) is 18.2 Å². The first-order chi connectivity index (χ1) is 14.4. The van der Waals surface area contributed by atoms with E-state index in [9.17, 15) is 9.90 Å². The number of aliphatic hydroxyl groups is 1. The van der Waals surface area contributed by atoms with Crippen molar-refractivity contribution in [1.29, 1.82) is 0 Å². The van der Waals surface area contributed by atoms with Crippen LogP contribution in [0.5, 0.6) is 17.2 Å². The van der Waals surface area contributed by atoms with Gasteiger partial charge < -0.3 is 24.1 Å². The predicted octanol–water partition coefficient (Wildman–Crippen LogP) is 4.53. The van der Waals surface area contributed by atoms with Crippen LogP contribution in [0, 0.1) is 0 Å². The van der Waals surface area contributed by atoms with Gasteiger partial charge in [0.05, 0.1) is 39.4 Å². The number of rotatable bonds is 6. The van der Waals surface area contributed by atoms with Crippen LogP contribution in [0.15, 0.2) is 53.8 Å². The highest BCUT2D eigenvalue weighted by Gasteiger charge is 2.43. The fourth-order valence-electron chi connectivity index (χ4n) is 4.19. The Hall–Kier alpha value is -3.15. The molecule has 1 N–H and O–H groups in total. The van der Waals surface area contributed by atoms with Crippen LogP contribution in [-0.4, -0.2) is 39.5 Å². The van der Waals surface area contributed by atoms with Crippen molar-refractivity contribution in [2.75, 3.05) is 28.4 Å². The molecule has 0 saturated heterocycles.